The van der Waals surface area contributed by atoms with E-state index in [-0.39, 0.29) is 29.8 Å². The molecule has 2 aliphatic rings. The molecule has 0 aromatic heterocycles. The minimum Gasteiger partial charge on any atom is -0.353 e. The van der Waals surface area contributed by atoms with Crippen LogP contribution in [0.15, 0.2) is 0 Å². The first-order valence-electron chi connectivity index (χ1n) is 8.72. The Labute approximate surface area is 134 Å². The summed E-state index contributed by atoms with van der Waals surface area (Å²) in [6, 6.07) is 0. The van der Waals surface area contributed by atoms with E-state index in [1.165, 1.54) is 19.3 Å². The van der Waals surface area contributed by atoms with Gasteiger partial charge in [0.2, 0.25) is 11.8 Å². The molecule has 126 valence electrons. The van der Waals surface area contributed by atoms with Crippen molar-refractivity contribution in [3.05, 3.63) is 0 Å². The Kier molecular flexibility index (Phi) is 5.84. The molecule has 1 atom stereocenters. The third-order valence-corrected chi connectivity index (χ3v) is 5.04. The van der Waals surface area contributed by atoms with Crippen LogP contribution < -0.4 is 10.6 Å². The van der Waals surface area contributed by atoms with Gasteiger partial charge in [-0.05, 0) is 52.0 Å². The first-order valence-corrected chi connectivity index (χ1v) is 8.72. The van der Waals surface area contributed by atoms with Crippen LogP contribution in [0, 0.1) is 11.8 Å². The molecule has 2 rings (SSSR count). The van der Waals surface area contributed by atoms with Crippen molar-refractivity contribution < 1.29 is 9.59 Å². The molecule has 1 saturated carbocycles. The van der Waals surface area contributed by atoms with Gasteiger partial charge in [-0.25, -0.2) is 0 Å². The minimum atomic E-state index is -0.0916. The van der Waals surface area contributed by atoms with Crippen molar-refractivity contribution in [3.8, 4) is 0 Å². The lowest BCUT2D eigenvalue weighted by atomic mass is 9.91. The average Bonchev–Trinajstić information content (AvgIpc) is 3.35. The van der Waals surface area contributed by atoms with Gasteiger partial charge in [-0.15, -0.1) is 0 Å². The summed E-state index contributed by atoms with van der Waals surface area (Å²) >= 11 is 0. The number of carbonyl (C=O) groups excluding carboxylic acids is 2. The summed E-state index contributed by atoms with van der Waals surface area (Å²) in [5.41, 5.74) is -0.0377. The molecule has 0 aromatic carbocycles. The fraction of sp³-hybridized carbons (Fsp3) is 0.882. The van der Waals surface area contributed by atoms with Crippen molar-refractivity contribution in [3.63, 3.8) is 0 Å². The van der Waals surface area contributed by atoms with Crippen LogP contribution in [-0.4, -0.2) is 48.4 Å². The summed E-state index contributed by atoms with van der Waals surface area (Å²) in [6.45, 7) is 9.59. The summed E-state index contributed by atoms with van der Waals surface area (Å²) < 4.78 is 0. The van der Waals surface area contributed by atoms with Gasteiger partial charge in [0.15, 0.2) is 0 Å². The third-order valence-electron chi connectivity index (χ3n) is 5.04. The average molecular weight is 309 g/mol. The molecule has 1 aliphatic carbocycles. The summed E-state index contributed by atoms with van der Waals surface area (Å²) in [7, 11) is 0. The molecule has 0 unspecified atom stereocenters. The second kappa shape index (κ2) is 7.44. The lowest BCUT2D eigenvalue weighted by Gasteiger charge is -2.43. The standard InChI is InChI=1S/C17H31N3O2/c1-4-13-6-5-9-20(11-13)17(2,3)12-19-15(21)10-18-16(22)14-7-8-14/h13-14H,4-12H2,1-3H3,(H,18,22)(H,19,21)/t13-/m1/s1. The van der Waals surface area contributed by atoms with Gasteiger partial charge in [-0.1, -0.05) is 13.3 Å². The second-order valence-corrected chi connectivity index (χ2v) is 7.44. The first-order chi connectivity index (χ1) is 10.4. The van der Waals surface area contributed by atoms with Crippen LogP contribution >= 0.6 is 0 Å². The Morgan fingerprint density at radius 2 is 1.91 bits per heavy atom. The molecule has 5 nitrogen and oxygen atoms in total. The maximum atomic E-state index is 11.9. The molecular weight excluding hydrogens is 278 g/mol. The van der Waals surface area contributed by atoms with E-state index in [0.29, 0.717) is 6.54 Å². The van der Waals surface area contributed by atoms with Crippen molar-refractivity contribution in [2.45, 2.75) is 58.4 Å². The largest absolute Gasteiger partial charge is 0.353 e. The van der Waals surface area contributed by atoms with E-state index in [4.69, 9.17) is 0 Å². The van der Waals surface area contributed by atoms with Crippen LogP contribution in [0.25, 0.3) is 0 Å². The maximum Gasteiger partial charge on any atom is 0.239 e. The topological polar surface area (TPSA) is 61.4 Å². The number of nitrogens with zero attached hydrogens (tertiary/aromatic N) is 1. The smallest absolute Gasteiger partial charge is 0.239 e. The van der Waals surface area contributed by atoms with Crippen LogP contribution in [0.1, 0.15) is 52.9 Å². The zero-order valence-corrected chi connectivity index (χ0v) is 14.3. The molecule has 0 bridgehead atoms. The summed E-state index contributed by atoms with van der Waals surface area (Å²) in [5, 5.41) is 5.68. The molecule has 2 N–H and O–H groups in total. The second-order valence-electron chi connectivity index (χ2n) is 7.44. The van der Waals surface area contributed by atoms with Crippen LogP contribution in [0.3, 0.4) is 0 Å². The Hall–Kier alpha value is -1.10. The van der Waals surface area contributed by atoms with Gasteiger partial charge >= 0.3 is 0 Å². The van der Waals surface area contributed by atoms with E-state index in [1.54, 1.807) is 0 Å². The van der Waals surface area contributed by atoms with Gasteiger partial charge in [0.25, 0.3) is 0 Å². The number of likely N-dealkylation sites (tertiary alicyclic amines) is 1. The highest BCUT2D eigenvalue weighted by Crippen LogP contribution is 2.28. The minimum absolute atomic E-state index is 0.0243. The number of hydrogen-bond acceptors (Lipinski definition) is 3. The number of carbonyl (C=O) groups is 2. The van der Waals surface area contributed by atoms with Gasteiger partial charge in [-0.2, -0.15) is 0 Å². The quantitative estimate of drug-likeness (QED) is 0.750. The fourth-order valence-corrected chi connectivity index (χ4v) is 3.09. The lowest BCUT2D eigenvalue weighted by molar-refractivity contribution is -0.127. The molecule has 0 spiro atoms. The predicted octanol–water partition coefficient (Wildman–Crippen LogP) is 1.53. The van der Waals surface area contributed by atoms with Gasteiger partial charge in [0, 0.05) is 24.5 Å². The molecule has 0 aromatic rings. The summed E-state index contributed by atoms with van der Waals surface area (Å²) in [6.07, 6.45) is 5.73. The highest BCUT2D eigenvalue weighted by atomic mass is 16.2. The van der Waals surface area contributed by atoms with E-state index < -0.39 is 0 Å². The fourth-order valence-electron chi connectivity index (χ4n) is 3.09. The summed E-state index contributed by atoms with van der Waals surface area (Å²) in [5.74, 6) is 0.868. The zero-order chi connectivity index (χ0) is 16.2. The monoisotopic (exact) mass is 309 g/mol. The molecular formula is C17H31N3O2. The maximum absolute atomic E-state index is 11.9. The van der Waals surface area contributed by atoms with E-state index in [0.717, 1.165) is 31.8 Å². The van der Waals surface area contributed by atoms with Crippen LogP contribution in [0.2, 0.25) is 0 Å². The van der Waals surface area contributed by atoms with Crippen LogP contribution in [-0.2, 0) is 9.59 Å². The Balaban J connectivity index is 1.71. The molecule has 22 heavy (non-hydrogen) atoms. The molecule has 1 aliphatic heterocycles. The summed E-state index contributed by atoms with van der Waals surface area (Å²) in [4.78, 5) is 25.9. The number of hydrogen-bond donors (Lipinski definition) is 2. The van der Waals surface area contributed by atoms with E-state index in [1.807, 2.05) is 0 Å². The molecule has 1 heterocycles. The molecule has 0 radical (unpaired) electrons. The van der Waals surface area contributed by atoms with Crippen LogP contribution in [0.5, 0.6) is 0 Å². The van der Waals surface area contributed by atoms with Gasteiger partial charge in [-0.3, -0.25) is 14.5 Å². The Morgan fingerprint density at radius 3 is 2.55 bits per heavy atom. The normalized spacial score (nSPS) is 23.1. The van der Waals surface area contributed by atoms with E-state index in [9.17, 15) is 9.59 Å². The van der Waals surface area contributed by atoms with E-state index in [2.05, 4.69) is 36.3 Å². The molecule has 5 heteroatoms. The van der Waals surface area contributed by atoms with Gasteiger partial charge in [0.05, 0.1) is 6.54 Å². The highest BCUT2D eigenvalue weighted by Gasteiger charge is 2.32. The van der Waals surface area contributed by atoms with Crippen molar-refractivity contribution in [2.75, 3.05) is 26.2 Å². The van der Waals surface area contributed by atoms with Crippen molar-refractivity contribution in [1.82, 2.24) is 15.5 Å². The molecule has 1 saturated heterocycles. The van der Waals surface area contributed by atoms with Gasteiger partial charge < -0.3 is 10.6 Å². The van der Waals surface area contributed by atoms with Gasteiger partial charge in [0.1, 0.15) is 0 Å². The van der Waals surface area contributed by atoms with Crippen molar-refractivity contribution in [1.29, 1.82) is 0 Å². The van der Waals surface area contributed by atoms with E-state index >= 15 is 0 Å². The van der Waals surface area contributed by atoms with Crippen molar-refractivity contribution in [2.24, 2.45) is 11.8 Å². The Morgan fingerprint density at radius 1 is 1.18 bits per heavy atom. The van der Waals surface area contributed by atoms with Crippen molar-refractivity contribution >= 4 is 11.8 Å². The number of rotatable bonds is 7. The predicted molar refractivity (Wildman–Crippen MR) is 87.4 cm³/mol. The Bertz CT molecular complexity index is 405. The SMILES string of the molecule is CC[C@@H]1CCCN(C(C)(C)CNC(=O)CNC(=O)C2CC2)C1. The molecule has 2 fully saturated rings. The lowest BCUT2D eigenvalue weighted by Crippen LogP contribution is -2.55. The third kappa shape index (κ3) is 4.97. The first kappa shape index (κ1) is 17.3. The highest BCUT2D eigenvalue weighted by molar-refractivity contribution is 5.86. The van der Waals surface area contributed by atoms with Crippen LogP contribution in [0.4, 0.5) is 0 Å². The number of nitrogens with one attached hydrogen (secondary N) is 2. The molecule has 2 amide bonds. The zero-order valence-electron chi connectivity index (χ0n) is 14.3. The number of piperidine rings is 1. The number of amides is 2.